The molecule has 0 saturated carbocycles. The Morgan fingerprint density at radius 1 is 1.44 bits per heavy atom. The molecule has 18 heavy (non-hydrogen) atoms. The first-order chi connectivity index (χ1) is 8.69. The molecule has 0 bridgehead atoms. The minimum absolute atomic E-state index is 0.0137. The van der Waals surface area contributed by atoms with Gasteiger partial charge in [0.1, 0.15) is 0 Å². The summed E-state index contributed by atoms with van der Waals surface area (Å²) in [4.78, 5) is 11.8. The molecule has 0 radical (unpaired) electrons. The molecule has 98 valence electrons. The number of carbonyl (C=O) groups is 1. The molecule has 0 aliphatic carbocycles. The van der Waals surface area contributed by atoms with Gasteiger partial charge in [0.2, 0.25) is 0 Å². The molecule has 3 N–H and O–H groups in total. The highest BCUT2D eigenvalue weighted by atomic mass is 16.5. The van der Waals surface area contributed by atoms with Gasteiger partial charge in [-0.2, -0.15) is 0 Å². The third-order valence-electron chi connectivity index (χ3n) is 3.05. The highest BCUT2D eigenvalue weighted by Gasteiger charge is 2.28. The van der Waals surface area contributed by atoms with Gasteiger partial charge in [-0.1, -0.05) is 12.1 Å². The summed E-state index contributed by atoms with van der Waals surface area (Å²) in [7, 11) is 1.66. The lowest BCUT2D eigenvalue weighted by atomic mass is 10.2. The predicted octanol–water partition coefficient (Wildman–Crippen LogP) is 1.10. The van der Waals surface area contributed by atoms with Crippen LogP contribution in [-0.4, -0.2) is 38.4 Å². The number of amides is 2. The minimum Gasteiger partial charge on any atom is -0.378 e. The van der Waals surface area contributed by atoms with Crippen molar-refractivity contribution in [1.82, 2.24) is 10.6 Å². The molecule has 1 fully saturated rings. The highest BCUT2D eigenvalue weighted by Crippen LogP contribution is 2.10. The van der Waals surface area contributed by atoms with Crippen LogP contribution in [0.2, 0.25) is 0 Å². The van der Waals surface area contributed by atoms with E-state index in [1.807, 2.05) is 31.2 Å². The first-order valence-electron chi connectivity index (χ1n) is 6.07. The number of benzene rings is 1. The number of rotatable bonds is 3. The van der Waals surface area contributed by atoms with Crippen LogP contribution in [0.3, 0.4) is 0 Å². The molecule has 1 saturated heterocycles. The Balaban J connectivity index is 1.89. The zero-order valence-electron chi connectivity index (χ0n) is 10.7. The molecule has 0 spiro atoms. The van der Waals surface area contributed by atoms with Gasteiger partial charge in [0, 0.05) is 25.9 Å². The summed E-state index contributed by atoms with van der Waals surface area (Å²) in [6.45, 7) is 3.50. The lowest BCUT2D eigenvalue weighted by molar-refractivity contribution is 0.0991. The standard InChI is InChI=1S/C13H19N3O2/c1-9-4-3-5-10(6-9)15-13(17)16-11-7-14-8-12(11)18-2/h3-6,11-12,14H,7-8H2,1-2H3,(H2,15,16,17)/t11?,12-/m0/s1. The molecular weight excluding hydrogens is 230 g/mol. The van der Waals surface area contributed by atoms with E-state index in [9.17, 15) is 4.79 Å². The van der Waals surface area contributed by atoms with Crippen LogP contribution in [0.15, 0.2) is 24.3 Å². The van der Waals surface area contributed by atoms with Gasteiger partial charge in [-0.25, -0.2) is 4.79 Å². The van der Waals surface area contributed by atoms with Crippen LogP contribution in [0.4, 0.5) is 10.5 Å². The van der Waals surface area contributed by atoms with Gasteiger partial charge in [-0.05, 0) is 24.6 Å². The molecule has 1 aromatic carbocycles. The molecule has 1 aliphatic heterocycles. The molecule has 2 amide bonds. The van der Waals surface area contributed by atoms with E-state index in [2.05, 4.69) is 16.0 Å². The fraction of sp³-hybridized carbons (Fsp3) is 0.462. The van der Waals surface area contributed by atoms with Gasteiger partial charge in [-0.3, -0.25) is 0 Å². The summed E-state index contributed by atoms with van der Waals surface area (Å²) in [6.07, 6.45) is 0.0354. The van der Waals surface area contributed by atoms with Crippen molar-refractivity contribution in [3.63, 3.8) is 0 Å². The molecule has 5 nitrogen and oxygen atoms in total. The Hall–Kier alpha value is -1.59. The maximum Gasteiger partial charge on any atom is 0.319 e. The van der Waals surface area contributed by atoms with E-state index < -0.39 is 0 Å². The average Bonchev–Trinajstić information content (AvgIpc) is 2.76. The lowest BCUT2D eigenvalue weighted by Crippen LogP contribution is -2.45. The monoisotopic (exact) mass is 249 g/mol. The largest absolute Gasteiger partial charge is 0.378 e. The maximum atomic E-state index is 11.8. The number of aryl methyl sites for hydroxylation is 1. The van der Waals surface area contributed by atoms with E-state index in [0.717, 1.165) is 24.3 Å². The van der Waals surface area contributed by atoms with Crippen molar-refractivity contribution in [2.24, 2.45) is 0 Å². The first-order valence-corrected chi connectivity index (χ1v) is 6.07. The van der Waals surface area contributed by atoms with Gasteiger partial charge < -0.3 is 20.7 Å². The van der Waals surface area contributed by atoms with Gasteiger partial charge in [0.25, 0.3) is 0 Å². The van der Waals surface area contributed by atoms with E-state index in [-0.39, 0.29) is 18.2 Å². The van der Waals surface area contributed by atoms with Gasteiger partial charge >= 0.3 is 6.03 Å². The summed E-state index contributed by atoms with van der Waals surface area (Å²) in [6, 6.07) is 7.52. The topological polar surface area (TPSA) is 62.4 Å². The van der Waals surface area contributed by atoms with Crippen molar-refractivity contribution in [2.75, 3.05) is 25.5 Å². The van der Waals surface area contributed by atoms with E-state index in [4.69, 9.17) is 4.74 Å². The van der Waals surface area contributed by atoms with Crippen molar-refractivity contribution in [3.8, 4) is 0 Å². The predicted molar refractivity (Wildman–Crippen MR) is 70.8 cm³/mol. The van der Waals surface area contributed by atoms with Crippen LogP contribution in [0.1, 0.15) is 5.56 Å². The number of ether oxygens (including phenoxy) is 1. The summed E-state index contributed by atoms with van der Waals surface area (Å²) < 4.78 is 5.29. The second kappa shape index (κ2) is 5.84. The van der Waals surface area contributed by atoms with Crippen LogP contribution in [-0.2, 0) is 4.74 Å². The molecule has 5 heteroatoms. The van der Waals surface area contributed by atoms with Crippen molar-refractivity contribution in [3.05, 3.63) is 29.8 Å². The van der Waals surface area contributed by atoms with Gasteiger partial charge in [-0.15, -0.1) is 0 Å². The van der Waals surface area contributed by atoms with Crippen molar-refractivity contribution in [1.29, 1.82) is 0 Å². The number of urea groups is 1. The highest BCUT2D eigenvalue weighted by molar-refractivity contribution is 5.89. The normalized spacial score (nSPS) is 22.8. The van der Waals surface area contributed by atoms with Crippen LogP contribution in [0, 0.1) is 6.92 Å². The van der Waals surface area contributed by atoms with Crippen molar-refractivity contribution < 1.29 is 9.53 Å². The van der Waals surface area contributed by atoms with Crippen LogP contribution in [0.25, 0.3) is 0 Å². The van der Waals surface area contributed by atoms with Gasteiger partial charge in [0.15, 0.2) is 0 Å². The number of methoxy groups -OCH3 is 1. The Kier molecular flexibility index (Phi) is 4.17. The molecule has 1 aromatic rings. The number of hydrogen-bond acceptors (Lipinski definition) is 3. The maximum absolute atomic E-state index is 11.8. The molecule has 0 aromatic heterocycles. The van der Waals surface area contributed by atoms with Crippen molar-refractivity contribution in [2.45, 2.75) is 19.1 Å². The van der Waals surface area contributed by atoms with Crippen LogP contribution >= 0.6 is 0 Å². The lowest BCUT2D eigenvalue weighted by Gasteiger charge is -2.18. The SMILES string of the molecule is CO[C@H]1CNCC1NC(=O)Nc1cccc(C)c1. The average molecular weight is 249 g/mol. The summed E-state index contributed by atoms with van der Waals surface area (Å²) in [5.74, 6) is 0. The van der Waals surface area contributed by atoms with Crippen molar-refractivity contribution >= 4 is 11.7 Å². The van der Waals surface area contributed by atoms with Crippen LogP contribution < -0.4 is 16.0 Å². The Labute approximate surface area is 107 Å². The molecular formula is C13H19N3O2. The number of hydrogen-bond donors (Lipinski definition) is 3. The molecule has 1 heterocycles. The van der Waals surface area contributed by atoms with Gasteiger partial charge in [0.05, 0.1) is 12.1 Å². The second-order valence-corrected chi connectivity index (χ2v) is 4.51. The smallest absolute Gasteiger partial charge is 0.319 e. The second-order valence-electron chi connectivity index (χ2n) is 4.51. The number of nitrogens with one attached hydrogen (secondary N) is 3. The molecule has 2 rings (SSSR count). The van der Waals surface area contributed by atoms with E-state index >= 15 is 0 Å². The number of carbonyl (C=O) groups excluding carboxylic acids is 1. The summed E-state index contributed by atoms with van der Waals surface area (Å²) >= 11 is 0. The first kappa shape index (κ1) is 12.9. The Morgan fingerprint density at radius 3 is 3.00 bits per heavy atom. The fourth-order valence-corrected chi connectivity index (χ4v) is 2.10. The quantitative estimate of drug-likeness (QED) is 0.752. The third-order valence-corrected chi connectivity index (χ3v) is 3.05. The number of anilines is 1. The summed E-state index contributed by atoms with van der Waals surface area (Å²) in [5, 5.41) is 8.92. The van der Waals surface area contributed by atoms with E-state index in [0.29, 0.717) is 0 Å². The zero-order chi connectivity index (χ0) is 13.0. The minimum atomic E-state index is -0.198. The third kappa shape index (κ3) is 3.21. The molecule has 1 unspecified atom stereocenters. The Morgan fingerprint density at radius 2 is 2.28 bits per heavy atom. The van der Waals surface area contributed by atoms with Crippen LogP contribution in [0.5, 0.6) is 0 Å². The zero-order valence-corrected chi connectivity index (χ0v) is 10.7. The summed E-state index contributed by atoms with van der Waals surface area (Å²) in [5.41, 5.74) is 1.91. The van der Waals surface area contributed by atoms with E-state index in [1.54, 1.807) is 7.11 Å². The van der Waals surface area contributed by atoms with E-state index in [1.165, 1.54) is 0 Å². The fourth-order valence-electron chi connectivity index (χ4n) is 2.10. The Bertz CT molecular complexity index is 422. The molecule has 1 aliphatic rings. The molecule has 2 atom stereocenters.